The van der Waals surface area contributed by atoms with Crippen molar-refractivity contribution in [1.82, 2.24) is 4.98 Å². The normalized spacial score (nSPS) is 9.00. The first-order valence-corrected chi connectivity index (χ1v) is 4.30. The van der Waals surface area contributed by atoms with Crippen molar-refractivity contribution in [2.45, 2.75) is 6.42 Å². The van der Waals surface area contributed by atoms with Gasteiger partial charge in [0.2, 0.25) is 0 Å². The smallest absolute Gasteiger partial charge is 0.271 e. The highest BCUT2D eigenvalue weighted by molar-refractivity contribution is 6.18. The van der Waals surface area contributed by atoms with Gasteiger partial charge in [0.15, 0.2) is 0 Å². The van der Waals surface area contributed by atoms with Gasteiger partial charge in [-0.05, 0) is 6.07 Å². The van der Waals surface area contributed by atoms with E-state index in [9.17, 15) is 4.79 Å². The second-order valence-corrected chi connectivity index (χ2v) is 2.79. The van der Waals surface area contributed by atoms with E-state index < -0.39 is 0 Å². The number of hydrogen-bond donors (Lipinski definition) is 2. The van der Waals surface area contributed by atoms with Gasteiger partial charge in [0.1, 0.15) is 0 Å². The van der Waals surface area contributed by atoms with Gasteiger partial charge in [0.25, 0.3) is 5.56 Å². The fourth-order valence-electron chi connectivity index (χ4n) is 0.785. The molecule has 13 heavy (non-hydrogen) atoms. The SMILES string of the molecule is Nc1cc(C#CCCCl)c[nH]c1=O. The minimum Gasteiger partial charge on any atom is -0.394 e. The van der Waals surface area contributed by atoms with Crippen molar-refractivity contribution in [3.05, 3.63) is 28.2 Å². The molecule has 0 aliphatic heterocycles. The molecule has 0 amide bonds. The summed E-state index contributed by atoms with van der Waals surface area (Å²) in [5.74, 6) is 6.17. The molecule has 0 unspecified atom stereocenters. The fraction of sp³-hybridized carbons (Fsp3) is 0.222. The second-order valence-electron chi connectivity index (χ2n) is 2.41. The summed E-state index contributed by atoms with van der Waals surface area (Å²) in [5.41, 5.74) is 5.97. The molecule has 4 heteroatoms. The Hall–Kier alpha value is -1.40. The lowest BCUT2D eigenvalue weighted by Crippen LogP contribution is -2.10. The van der Waals surface area contributed by atoms with E-state index in [1.807, 2.05) is 0 Å². The van der Waals surface area contributed by atoms with E-state index in [2.05, 4.69) is 16.8 Å². The molecule has 0 radical (unpaired) electrons. The summed E-state index contributed by atoms with van der Waals surface area (Å²) in [4.78, 5) is 13.3. The summed E-state index contributed by atoms with van der Waals surface area (Å²) in [7, 11) is 0. The van der Waals surface area contributed by atoms with Crippen molar-refractivity contribution < 1.29 is 0 Å². The molecule has 1 aromatic heterocycles. The van der Waals surface area contributed by atoms with Gasteiger partial charge in [-0.1, -0.05) is 11.8 Å². The van der Waals surface area contributed by atoms with Crippen LogP contribution in [0.3, 0.4) is 0 Å². The number of hydrogen-bond acceptors (Lipinski definition) is 2. The highest BCUT2D eigenvalue weighted by atomic mass is 35.5. The molecule has 0 atom stereocenters. The fourth-order valence-corrected chi connectivity index (χ4v) is 0.880. The van der Waals surface area contributed by atoms with E-state index in [1.165, 1.54) is 6.20 Å². The van der Waals surface area contributed by atoms with E-state index in [1.54, 1.807) is 6.07 Å². The van der Waals surface area contributed by atoms with Crippen LogP contribution in [0.15, 0.2) is 17.1 Å². The molecule has 0 spiro atoms. The molecule has 3 nitrogen and oxygen atoms in total. The maximum absolute atomic E-state index is 10.9. The number of pyridine rings is 1. The third kappa shape index (κ3) is 2.85. The Balaban J connectivity index is 2.87. The van der Waals surface area contributed by atoms with Gasteiger partial charge in [0, 0.05) is 24.1 Å². The zero-order valence-electron chi connectivity index (χ0n) is 6.93. The molecule has 0 aliphatic rings. The van der Waals surface area contributed by atoms with Gasteiger partial charge in [-0.15, -0.1) is 11.6 Å². The van der Waals surface area contributed by atoms with Crippen LogP contribution in [0.2, 0.25) is 0 Å². The zero-order chi connectivity index (χ0) is 9.68. The number of anilines is 1. The van der Waals surface area contributed by atoms with Gasteiger partial charge in [-0.2, -0.15) is 0 Å². The zero-order valence-corrected chi connectivity index (χ0v) is 7.69. The maximum atomic E-state index is 10.9. The molecule has 0 bridgehead atoms. The standard InChI is InChI=1S/C9H9ClN2O/c10-4-2-1-3-7-5-8(11)9(13)12-6-7/h5-6H,2,4,11H2,(H,12,13). The quantitative estimate of drug-likeness (QED) is 0.519. The summed E-state index contributed by atoms with van der Waals surface area (Å²) < 4.78 is 0. The molecular weight excluding hydrogens is 188 g/mol. The maximum Gasteiger partial charge on any atom is 0.271 e. The highest BCUT2D eigenvalue weighted by Crippen LogP contribution is 1.96. The van der Waals surface area contributed by atoms with Crippen LogP contribution in [-0.4, -0.2) is 10.9 Å². The van der Waals surface area contributed by atoms with Crippen LogP contribution in [0.1, 0.15) is 12.0 Å². The van der Waals surface area contributed by atoms with E-state index in [-0.39, 0.29) is 11.2 Å². The monoisotopic (exact) mass is 196 g/mol. The van der Waals surface area contributed by atoms with Crippen molar-refractivity contribution in [2.24, 2.45) is 0 Å². The van der Waals surface area contributed by atoms with Gasteiger partial charge in [-0.3, -0.25) is 4.79 Å². The van der Waals surface area contributed by atoms with Crippen LogP contribution < -0.4 is 11.3 Å². The summed E-state index contributed by atoms with van der Waals surface area (Å²) in [6.07, 6.45) is 2.15. The Morgan fingerprint density at radius 2 is 2.38 bits per heavy atom. The Bertz CT molecular complexity index is 400. The van der Waals surface area contributed by atoms with Crippen LogP contribution in [-0.2, 0) is 0 Å². The third-order valence-corrected chi connectivity index (χ3v) is 1.57. The molecular formula is C9H9ClN2O. The minimum absolute atomic E-state index is 0.178. The van der Waals surface area contributed by atoms with Crippen LogP contribution in [0.25, 0.3) is 0 Å². The van der Waals surface area contributed by atoms with Crippen LogP contribution in [0.4, 0.5) is 5.69 Å². The summed E-state index contributed by atoms with van der Waals surface area (Å²) in [5, 5.41) is 0. The lowest BCUT2D eigenvalue weighted by atomic mass is 10.2. The first kappa shape index (κ1) is 9.69. The topological polar surface area (TPSA) is 58.9 Å². The Morgan fingerprint density at radius 1 is 1.62 bits per heavy atom. The van der Waals surface area contributed by atoms with Gasteiger partial charge in [0.05, 0.1) is 5.69 Å². The van der Waals surface area contributed by atoms with Crippen LogP contribution in [0, 0.1) is 11.8 Å². The third-order valence-electron chi connectivity index (χ3n) is 1.38. The average Bonchev–Trinajstić information content (AvgIpc) is 2.12. The van der Waals surface area contributed by atoms with Gasteiger partial charge >= 0.3 is 0 Å². The average molecular weight is 197 g/mol. The lowest BCUT2D eigenvalue weighted by Gasteiger charge is -1.91. The molecule has 0 saturated carbocycles. The molecule has 68 valence electrons. The number of rotatable bonds is 1. The molecule has 1 rings (SSSR count). The first-order valence-electron chi connectivity index (χ1n) is 3.77. The largest absolute Gasteiger partial charge is 0.394 e. The van der Waals surface area contributed by atoms with Crippen molar-refractivity contribution in [2.75, 3.05) is 11.6 Å². The van der Waals surface area contributed by atoms with E-state index >= 15 is 0 Å². The van der Waals surface area contributed by atoms with E-state index in [0.29, 0.717) is 17.9 Å². The highest BCUT2D eigenvalue weighted by Gasteiger charge is 1.93. The Kier molecular flexibility index (Phi) is 3.41. The number of alkyl halides is 1. The van der Waals surface area contributed by atoms with Crippen molar-refractivity contribution >= 4 is 17.3 Å². The number of aromatic nitrogens is 1. The van der Waals surface area contributed by atoms with Crippen molar-refractivity contribution in [3.63, 3.8) is 0 Å². The number of nitrogens with two attached hydrogens (primary N) is 1. The summed E-state index contributed by atoms with van der Waals surface area (Å²) in [6.45, 7) is 0. The van der Waals surface area contributed by atoms with Gasteiger partial charge in [-0.25, -0.2) is 0 Å². The summed E-state index contributed by atoms with van der Waals surface area (Å²) >= 11 is 5.44. The Morgan fingerprint density at radius 3 is 3.00 bits per heavy atom. The molecule has 1 aromatic rings. The van der Waals surface area contributed by atoms with E-state index in [4.69, 9.17) is 17.3 Å². The first-order chi connectivity index (χ1) is 6.24. The molecule has 0 aromatic carbocycles. The Labute approximate surface area is 80.9 Å². The molecule has 0 aliphatic carbocycles. The molecule has 0 fully saturated rings. The molecule has 0 saturated heterocycles. The predicted octanol–water partition coefficient (Wildman–Crippen LogP) is 0.938. The van der Waals surface area contributed by atoms with Crippen molar-refractivity contribution in [1.29, 1.82) is 0 Å². The van der Waals surface area contributed by atoms with Crippen molar-refractivity contribution in [3.8, 4) is 11.8 Å². The van der Waals surface area contributed by atoms with E-state index in [0.717, 1.165) is 0 Å². The molecule has 3 N–H and O–H groups in total. The lowest BCUT2D eigenvalue weighted by molar-refractivity contribution is 1.23. The minimum atomic E-state index is -0.289. The number of aromatic amines is 1. The van der Waals surface area contributed by atoms with Gasteiger partial charge < -0.3 is 10.7 Å². The van der Waals surface area contributed by atoms with Crippen LogP contribution >= 0.6 is 11.6 Å². The predicted molar refractivity (Wildman–Crippen MR) is 53.7 cm³/mol. The second kappa shape index (κ2) is 4.58. The number of nitrogen functional groups attached to an aromatic ring is 1. The van der Waals surface area contributed by atoms with Crippen LogP contribution in [0.5, 0.6) is 0 Å². The number of halogens is 1. The number of H-pyrrole nitrogens is 1. The summed E-state index contributed by atoms with van der Waals surface area (Å²) in [6, 6.07) is 1.54. The molecule has 1 heterocycles. The number of nitrogens with one attached hydrogen (secondary N) is 1.